The van der Waals surface area contributed by atoms with Gasteiger partial charge in [-0.15, -0.1) is 0 Å². The Balaban J connectivity index is 2.00. The van der Waals surface area contributed by atoms with E-state index in [1.54, 1.807) is 24.3 Å². The van der Waals surface area contributed by atoms with Crippen LogP contribution in [0, 0.1) is 0 Å². The molecule has 0 radical (unpaired) electrons. The fourth-order valence-corrected chi connectivity index (χ4v) is 2.25. The number of amides is 1. The number of nitrogens with one attached hydrogen (secondary N) is 2. The lowest BCUT2D eigenvalue weighted by Gasteiger charge is -2.11. The number of methoxy groups -OCH3 is 1. The lowest BCUT2D eigenvalue weighted by molar-refractivity contribution is -0.142. The molecular formula is C19H22N2O4. The van der Waals surface area contributed by atoms with Crippen molar-refractivity contribution in [3.8, 4) is 5.75 Å². The summed E-state index contributed by atoms with van der Waals surface area (Å²) >= 11 is 0. The number of benzene rings is 2. The maximum Gasteiger partial charge on any atom is 0.343 e. The van der Waals surface area contributed by atoms with Gasteiger partial charge in [0.15, 0.2) is 6.61 Å². The predicted octanol–water partition coefficient (Wildman–Crippen LogP) is 2.25. The molecule has 2 rings (SSSR count). The van der Waals surface area contributed by atoms with Crippen LogP contribution in [0.15, 0.2) is 48.5 Å². The maximum absolute atomic E-state index is 12.5. The number of anilines is 1. The van der Waals surface area contributed by atoms with Crippen molar-refractivity contribution >= 4 is 17.6 Å². The van der Waals surface area contributed by atoms with Gasteiger partial charge in [0.25, 0.3) is 5.91 Å². The first-order chi connectivity index (χ1) is 12.1. The van der Waals surface area contributed by atoms with Gasteiger partial charge in [0.1, 0.15) is 5.75 Å². The highest BCUT2D eigenvalue weighted by Gasteiger charge is 2.11. The summed E-state index contributed by atoms with van der Waals surface area (Å²) in [5.41, 5.74) is 2.30. The van der Waals surface area contributed by atoms with Crippen molar-refractivity contribution < 1.29 is 19.1 Å². The summed E-state index contributed by atoms with van der Waals surface area (Å²) < 4.78 is 9.78. The average molecular weight is 342 g/mol. The molecule has 2 aromatic rings. The van der Waals surface area contributed by atoms with Gasteiger partial charge in [-0.3, -0.25) is 4.79 Å². The van der Waals surface area contributed by atoms with Gasteiger partial charge in [-0.1, -0.05) is 18.2 Å². The Bertz CT molecular complexity index is 714. The summed E-state index contributed by atoms with van der Waals surface area (Å²) in [6.45, 7) is 0.650. The Labute approximate surface area is 147 Å². The minimum atomic E-state index is -0.449. The molecule has 132 valence electrons. The average Bonchev–Trinajstić information content (AvgIpc) is 2.65. The molecule has 2 aromatic carbocycles. The summed E-state index contributed by atoms with van der Waals surface area (Å²) in [6.07, 6.45) is 0.778. The fourth-order valence-electron chi connectivity index (χ4n) is 2.25. The molecule has 25 heavy (non-hydrogen) atoms. The highest BCUT2D eigenvalue weighted by molar-refractivity contribution is 6.05. The molecule has 1 amide bonds. The van der Waals surface area contributed by atoms with Crippen molar-refractivity contribution in [2.45, 2.75) is 6.42 Å². The number of hydrogen-bond acceptors (Lipinski definition) is 5. The van der Waals surface area contributed by atoms with E-state index in [1.807, 2.05) is 31.3 Å². The molecule has 0 aliphatic carbocycles. The van der Waals surface area contributed by atoms with Crippen LogP contribution in [0.1, 0.15) is 15.9 Å². The molecule has 0 bridgehead atoms. The zero-order valence-electron chi connectivity index (χ0n) is 14.4. The van der Waals surface area contributed by atoms with Crippen molar-refractivity contribution in [1.82, 2.24) is 5.32 Å². The number of rotatable bonds is 8. The fraction of sp³-hybridized carbons (Fsp3) is 0.263. The third-order valence-electron chi connectivity index (χ3n) is 3.60. The van der Waals surface area contributed by atoms with Crippen LogP contribution in [0.4, 0.5) is 5.69 Å². The van der Waals surface area contributed by atoms with Gasteiger partial charge >= 0.3 is 5.97 Å². The number of likely N-dealkylation sites (N-methyl/N-ethyl adjacent to an activating group) is 1. The molecule has 0 aliphatic heterocycles. The normalized spacial score (nSPS) is 10.2. The standard InChI is InChI=1S/C19H22N2O4/c1-20-12-11-14-5-3-4-6-17(14)19(23)21-15-7-9-16(10-8-15)25-13-18(22)24-2/h3-10,20H,11-13H2,1-2H3,(H,21,23). The zero-order chi connectivity index (χ0) is 18.1. The first kappa shape index (κ1) is 18.5. The molecule has 2 N–H and O–H groups in total. The van der Waals surface area contributed by atoms with Crippen LogP contribution in [0.3, 0.4) is 0 Å². The van der Waals surface area contributed by atoms with E-state index < -0.39 is 5.97 Å². The van der Waals surface area contributed by atoms with Crippen LogP contribution in [0.5, 0.6) is 5.75 Å². The third-order valence-corrected chi connectivity index (χ3v) is 3.60. The lowest BCUT2D eigenvalue weighted by Crippen LogP contribution is -2.17. The van der Waals surface area contributed by atoms with E-state index >= 15 is 0 Å². The molecule has 0 fully saturated rings. The lowest BCUT2D eigenvalue weighted by atomic mass is 10.0. The van der Waals surface area contributed by atoms with E-state index in [2.05, 4.69) is 15.4 Å². The van der Waals surface area contributed by atoms with Crippen molar-refractivity contribution in [2.75, 3.05) is 32.6 Å². The van der Waals surface area contributed by atoms with Gasteiger partial charge in [0.05, 0.1) is 7.11 Å². The van der Waals surface area contributed by atoms with Crippen LogP contribution in [0.2, 0.25) is 0 Å². The Morgan fingerprint density at radius 2 is 1.76 bits per heavy atom. The van der Waals surface area contributed by atoms with Gasteiger partial charge in [-0.2, -0.15) is 0 Å². The molecule has 0 heterocycles. The molecule has 0 atom stereocenters. The highest BCUT2D eigenvalue weighted by atomic mass is 16.6. The van der Waals surface area contributed by atoms with Crippen LogP contribution in [-0.4, -0.2) is 39.2 Å². The molecule has 0 spiro atoms. The summed E-state index contributed by atoms with van der Waals surface area (Å²) in [6, 6.07) is 14.4. The first-order valence-corrected chi connectivity index (χ1v) is 7.97. The number of esters is 1. The number of hydrogen-bond donors (Lipinski definition) is 2. The molecule has 0 aromatic heterocycles. The second-order valence-corrected chi connectivity index (χ2v) is 5.35. The topological polar surface area (TPSA) is 76.7 Å². The van der Waals surface area contributed by atoms with Gasteiger partial charge < -0.3 is 20.1 Å². The van der Waals surface area contributed by atoms with E-state index in [1.165, 1.54) is 7.11 Å². The van der Waals surface area contributed by atoms with Crippen LogP contribution in [-0.2, 0) is 16.0 Å². The van der Waals surface area contributed by atoms with Crippen molar-refractivity contribution in [2.24, 2.45) is 0 Å². The molecular weight excluding hydrogens is 320 g/mol. The van der Waals surface area contributed by atoms with E-state index in [0.29, 0.717) is 17.0 Å². The molecule has 0 saturated carbocycles. The van der Waals surface area contributed by atoms with E-state index in [4.69, 9.17) is 4.74 Å². The summed E-state index contributed by atoms with van der Waals surface area (Å²) in [5.74, 6) is -0.0803. The van der Waals surface area contributed by atoms with Crippen molar-refractivity contribution in [3.05, 3.63) is 59.7 Å². The van der Waals surface area contributed by atoms with Crippen molar-refractivity contribution in [1.29, 1.82) is 0 Å². The monoisotopic (exact) mass is 342 g/mol. The van der Waals surface area contributed by atoms with Crippen molar-refractivity contribution in [3.63, 3.8) is 0 Å². The van der Waals surface area contributed by atoms with Gasteiger partial charge in [0.2, 0.25) is 0 Å². The predicted molar refractivity (Wildman–Crippen MR) is 96.0 cm³/mol. The summed E-state index contributed by atoms with van der Waals surface area (Å²) in [7, 11) is 3.19. The minimum Gasteiger partial charge on any atom is -0.482 e. The first-order valence-electron chi connectivity index (χ1n) is 7.97. The summed E-state index contributed by atoms with van der Waals surface area (Å²) in [5, 5.41) is 5.96. The van der Waals surface area contributed by atoms with Crippen LogP contribution < -0.4 is 15.4 Å². The quantitative estimate of drug-likeness (QED) is 0.720. The van der Waals surface area contributed by atoms with Gasteiger partial charge in [0, 0.05) is 11.3 Å². The Morgan fingerprint density at radius 1 is 1.04 bits per heavy atom. The maximum atomic E-state index is 12.5. The Morgan fingerprint density at radius 3 is 2.44 bits per heavy atom. The number of ether oxygens (including phenoxy) is 2. The molecule has 6 nitrogen and oxygen atoms in total. The largest absolute Gasteiger partial charge is 0.482 e. The number of carbonyl (C=O) groups is 2. The summed E-state index contributed by atoms with van der Waals surface area (Å²) in [4.78, 5) is 23.6. The van der Waals surface area contributed by atoms with Gasteiger partial charge in [-0.05, 0) is 55.9 Å². The second kappa shape index (κ2) is 9.44. The smallest absolute Gasteiger partial charge is 0.343 e. The van der Waals surface area contributed by atoms with E-state index in [0.717, 1.165) is 18.5 Å². The highest BCUT2D eigenvalue weighted by Crippen LogP contribution is 2.18. The molecule has 0 aliphatic rings. The molecule has 0 saturated heterocycles. The van der Waals surface area contributed by atoms with Gasteiger partial charge in [-0.25, -0.2) is 4.79 Å². The molecule has 0 unspecified atom stereocenters. The Hall–Kier alpha value is -2.86. The van der Waals surface area contributed by atoms with Crippen LogP contribution >= 0.6 is 0 Å². The number of carbonyl (C=O) groups excluding carboxylic acids is 2. The minimum absolute atomic E-state index is 0.152. The van der Waals surface area contributed by atoms with Crippen LogP contribution in [0.25, 0.3) is 0 Å². The van der Waals surface area contributed by atoms with E-state index in [-0.39, 0.29) is 12.5 Å². The Kier molecular flexibility index (Phi) is 6.98. The second-order valence-electron chi connectivity index (χ2n) is 5.35. The SMILES string of the molecule is CNCCc1ccccc1C(=O)Nc1ccc(OCC(=O)OC)cc1. The third kappa shape index (κ3) is 5.61. The molecule has 6 heteroatoms. The zero-order valence-corrected chi connectivity index (χ0v) is 14.4. The van der Waals surface area contributed by atoms with E-state index in [9.17, 15) is 9.59 Å².